The fourth-order valence-corrected chi connectivity index (χ4v) is 4.15. The summed E-state index contributed by atoms with van der Waals surface area (Å²) in [7, 11) is 1.38. The van der Waals surface area contributed by atoms with Gasteiger partial charge in [-0.3, -0.25) is 14.4 Å². The molecule has 176 valence electrons. The molecule has 1 saturated heterocycles. The van der Waals surface area contributed by atoms with Crippen LogP contribution in [-0.2, 0) is 38.5 Å². The van der Waals surface area contributed by atoms with Gasteiger partial charge in [-0.15, -0.1) is 0 Å². The lowest BCUT2D eigenvalue weighted by Gasteiger charge is -2.25. The molecule has 7 nitrogen and oxygen atoms in total. The number of hydrogen-bond donors (Lipinski definition) is 2. The molecule has 2 aromatic rings. The van der Waals surface area contributed by atoms with Gasteiger partial charge in [0.15, 0.2) is 0 Å². The number of benzene rings is 2. The summed E-state index contributed by atoms with van der Waals surface area (Å²) < 4.78 is 4.66. The predicted octanol–water partition coefficient (Wildman–Crippen LogP) is 2.36. The summed E-state index contributed by atoms with van der Waals surface area (Å²) in [4.78, 5) is 38.6. The number of carbonyl (C=O) groups is 3. The topological polar surface area (TPSA) is 102 Å². The second kappa shape index (κ2) is 12.2. The van der Waals surface area contributed by atoms with Crippen LogP contribution in [0.3, 0.4) is 0 Å². The van der Waals surface area contributed by atoms with E-state index in [0.29, 0.717) is 38.8 Å². The second-order valence-electron chi connectivity index (χ2n) is 8.51. The van der Waals surface area contributed by atoms with Crippen molar-refractivity contribution in [1.29, 1.82) is 0 Å². The smallest absolute Gasteiger partial charge is 0.305 e. The first-order valence-corrected chi connectivity index (χ1v) is 11.5. The molecule has 0 unspecified atom stereocenters. The molecule has 1 fully saturated rings. The van der Waals surface area contributed by atoms with Gasteiger partial charge in [0, 0.05) is 32.0 Å². The number of ether oxygens (including phenoxy) is 1. The lowest BCUT2D eigenvalue weighted by molar-refractivity contribution is -0.140. The number of nitrogens with two attached hydrogens (primary N) is 1. The number of esters is 1. The minimum atomic E-state index is -0.444. The molecule has 3 rings (SSSR count). The Morgan fingerprint density at radius 2 is 1.76 bits per heavy atom. The van der Waals surface area contributed by atoms with E-state index < -0.39 is 6.04 Å². The molecule has 0 bridgehead atoms. The van der Waals surface area contributed by atoms with Crippen LogP contribution in [0.1, 0.15) is 42.4 Å². The van der Waals surface area contributed by atoms with Crippen LogP contribution < -0.4 is 11.1 Å². The molecular weight excluding hydrogens is 418 g/mol. The van der Waals surface area contributed by atoms with E-state index in [1.807, 2.05) is 54.6 Å². The van der Waals surface area contributed by atoms with Crippen LogP contribution in [0.4, 0.5) is 0 Å². The molecule has 0 aromatic heterocycles. The summed E-state index contributed by atoms with van der Waals surface area (Å²) in [6, 6.07) is 16.9. The Hall–Kier alpha value is -3.19. The maximum atomic E-state index is 12.8. The Labute approximate surface area is 195 Å². The average Bonchev–Trinajstić information content (AvgIpc) is 3.32. The molecule has 2 aromatic carbocycles. The van der Waals surface area contributed by atoms with Crippen molar-refractivity contribution < 1.29 is 19.1 Å². The van der Waals surface area contributed by atoms with Crippen molar-refractivity contribution in [2.24, 2.45) is 5.73 Å². The zero-order valence-electron chi connectivity index (χ0n) is 19.2. The molecule has 2 amide bonds. The fraction of sp³-hybridized carbons (Fsp3) is 0.423. The highest BCUT2D eigenvalue weighted by atomic mass is 16.5. The molecule has 1 aliphatic rings. The number of nitrogens with one attached hydrogen (secondary N) is 1. The highest BCUT2D eigenvalue weighted by molar-refractivity contribution is 5.88. The van der Waals surface area contributed by atoms with Crippen LogP contribution in [-0.4, -0.2) is 48.4 Å². The summed E-state index contributed by atoms with van der Waals surface area (Å²) in [5, 5.41) is 2.96. The van der Waals surface area contributed by atoms with Gasteiger partial charge in [-0.05, 0) is 42.4 Å². The zero-order valence-corrected chi connectivity index (χ0v) is 19.2. The zero-order chi connectivity index (χ0) is 23.6. The van der Waals surface area contributed by atoms with Gasteiger partial charge in [0.2, 0.25) is 11.8 Å². The first kappa shape index (κ1) is 24.5. The number of aryl methyl sites for hydroxylation is 1. The Bertz CT molecular complexity index is 930. The van der Waals surface area contributed by atoms with E-state index in [0.717, 1.165) is 23.1 Å². The maximum absolute atomic E-state index is 12.8. The monoisotopic (exact) mass is 451 g/mol. The first-order chi connectivity index (χ1) is 16.0. The Morgan fingerprint density at radius 3 is 2.45 bits per heavy atom. The van der Waals surface area contributed by atoms with Gasteiger partial charge in [0.1, 0.15) is 6.04 Å². The number of hydrogen-bond acceptors (Lipinski definition) is 5. The summed E-state index contributed by atoms with van der Waals surface area (Å²) in [5.74, 6) is -0.429. The van der Waals surface area contributed by atoms with E-state index in [9.17, 15) is 14.4 Å². The molecule has 1 aliphatic heterocycles. The molecule has 0 spiro atoms. The van der Waals surface area contributed by atoms with E-state index in [-0.39, 0.29) is 30.2 Å². The minimum absolute atomic E-state index is 0.0639. The van der Waals surface area contributed by atoms with Crippen LogP contribution in [0, 0.1) is 0 Å². The molecule has 2 atom stereocenters. The molecule has 33 heavy (non-hydrogen) atoms. The van der Waals surface area contributed by atoms with Crippen molar-refractivity contribution >= 4 is 17.8 Å². The Morgan fingerprint density at radius 1 is 1.06 bits per heavy atom. The third-order valence-corrected chi connectivity index (χ3v) is 5.99. The van der Waals surface area contributed by atoms with Gasteiger partial charge in [-0.2, -0.15) is 0 Å². The van der Waals surface area contributed by atoms with Crippen LogP contribution >= 0.6 is 0 Å². The normalized spacial score (nSPS) is 16.3. The van der Waals surface area contributed by atoms with E-state index in [2.05, 4.69) is 10.1 Å². The number of amides is 2. The molecular formula is C26H33N3O4. The molecule has 1 heterocycles. The third kappa shape index (κ3) is 7.43. The van der Waals surface area contributed by atoms with Gasteiger partial charge in [0.05, 0.1) is 7.11 Å². The van der Waals surface area contributed by atoms with Crippen LogP contribution in [0.25, 0.3) is 0 Å². The lowest BCUT2D eigenvalue weighted by atomic mass is 10.0. The van der Waals surface area contributed by atoms with E-state index >= 15 is 0 Å². The van der Waals surface area contributed by atoms with Crippen molar-refractivity contribution in [2.75, 3.05) is 13.7 Å². The number of carbonyl (C=O) groups excluding carboxylic acids is 3. The molecule has 0 radical (unpaired) electrons. The third-order valence-electron chi connectivity index (χ3n) is 5.99. The van der Waals surface area contributed by atoms with Crippen molar-refractivity contribution in [3.8, 4) is 0 Å². The van der Waals surface area contributed by atoms with Gasteiger partial charge in [-0.1, -0.05) is 54.6 Å². The number of rotatable bonds is 10. The van der Waals surface area contributed by atoms with Gasteiger partial charge < -0.3 is 20.7 Å². The standard InChI is InChI=1S/C26H33N3O4/c1-33-25(31)14-13-19-9-11-21(12-10-19)18-28-26(32)23-8-5-15-29(23)24(30)17-22(27)16-20-6-3-2-4-7-20/h2-4,6-7,9-12,22-23H,5,8,13-18,27H2,1H3,(H,28,32)/t22-,23+/m1/s1. The summed E-state index contributed by atoms with van der Waals surface area (Å²) in [5.41, 5.74) is 9.32. The number of nitrogens with zero attached hydrogens (tertiary/aromatic N) is 1. The first-order valence-electron chi connectivity index (χ1n) is 11.5. The van der Waals surface area contributed by atoms with Crippen molar-refractivity contribution in [3.05, 3.63) is 71.3 Å². The van der Waals surface area contributed by atoms with Crippen molar-refractivity contribution in [3.63, 3.8) is 0 Å². The van der Waals surface area contributed by atoms with Crippen molar-refractivity contribution in [2.45, 2.75) is 57.2 Å². The van der Waals surface area contributed by atoms with Crippen LogP contribution in [0.15, 0.2) is 54.6 Å². The molecule has 7 heteroatoms. The summed E-state index contributed by atoms with van der Waals surface area (Å²) in [6.45, 7) is 0.978. The largest absolute Gasteiger partial charge is 0.469 e. The fourth-order valence-electron chi connectivity index (χ4n) is 4.15. The highest BCUT2D eigenvalue weighted by Gasteiger charge is 2.34. The Balaban J connectivity index is 1.47. The predicted molar refractivity (Wildman–Crippen MR) is 126 cm³/mol. The van der Waals surface area contributed by atoms with Crippen LogP contribution in [0.5, 0.6) is 0 Å². The highest BCUT2D eigenvalue weighted by Crippen LogP contribution is 2.20. The maximum Gasteiger partial charge on any atom is 0.305 e. The average molecular weight is 452 g/mol. The van der Waals surface area contributed by atoms with Crippen molar-refractivity contribution in [1.82, 2.24) is 10.2 Å². The van der Waals surface area contributed by atoms with Crippen LogP contribution in [0.2, 0.25) is 0 Å². The summed E-state index contributed by atoms with van der Waals surface area (Å²) in [6.07, 6.45) is 3.29. The van der Waals surface area contributed by atoms with Gasteiger partial charge in [0.25, 0.3) is 0 Å². The SMILES string of the molecule is COC(=O)CCc1ccc(CNC(=O)[C@@H]2CCCN2C(=O)C[C@H](N)Cc2ccccc2)cc1. The number of methoxy groups -OCH3 is 1. The van der Waals surface area contributed by atoms with E-state index in [1.54, 1.807) is 4.90 Å². The van der Waals surface area contributed by atoms with Gasteiger partial charge in [-0.25, -0.2) is 0 Å². The summed E-state index contributed by atoms with van der Waals surface area (Å²) >= 11 is 0. The van der Waals surface area contributed by atoms with E-state index in [4.69, 9.17) is 5.73 Å². The lowest BCUT2D eigenvalue weighted by Crippen LogP contribution is -2.47. The second-order valence-corrected chi connectivity index (χ2v) is 8.51. The Kier molecular flexibility index (Phi) is 9.01. The van der Waals surface area contributed by atoms with Gasteiger partial charge >= 0.3 is 5.97 Å². The minimum Gasteiger partial charge on any atom is -0.469 e. The quantitative estimate of drug-likeness (QED) is 0.540. The molecule has 0 saturated carbocycles. The molecule has 0 aliphatic carbocycles. The number of likely N-dealkylation sites (tertiary alicyclic amines) is 1. The molecule has 3 N–H and O–H groups in total. The van der Waals surface area contributed by atoms with E-state index in [1.165, 1.54) is 7.11 Å².